The van der Waals surface area contributed by atoms with Crippen LogP contribution in [0.4, 0.5) is 0 Å². The quantitative estimate of drug-likeness (QED) is 0.302. The van der Waals surface area contributed by atoms with Gasteiger partial charge in [-0.15, -0.1) is 0 Å². The largest absolute Gasteiger partial charge is 0.378 e. The summed E-state index contributed by atoms with van der Waals surface area (Å²) in [4.78, 5) is 21.4. The molecule has 0 fully saturated rings. The Kier molecular flexibility index (Phi) is 16.2. The first kappa shape index (κ1) is 20.0. The van der Waals surface area contributed by atoms with E-state index in [2.05, 4.69) is 10.6 Å². The lowest BCUT2D eigenvalue weighted by Crippen LogP contribution is -2.27. The van der Waals surface area contributed by atoms with Crippen LogP contribution in [0.5, 0.6) is 0 Å². The van der Waals surface area contributed by atoms with Crippen molar-refractivity contribution >= 4 is 12.2 Å². The van der Waals surface area contributed by atoms with Gasteiger partial charge in [0, 0.05) is 25.9 Å². The van der Waals surface area contributed by atoms with Crippen LogP contribution in [-0.4, -0.2) is 72.0 Å². The molecule has 0 saturated carbocycles. The molecule has 0 rings (SSSR count). The molecule has 7 heteroatoms. The fraction of sp³-hybridized carbons (Fsp3) is 0.857. The summed E-state index contributed by atoms with van der Waals surface area (Å²) in [6.07, 6.45) is 2.23. The molecule has 0 aromatic carbocycles. The van der Waals surface area contributed by atoms with Gasteiger partial charge in [0.25, 0.3) is 0 Å². The van der Waals surface area contributed by atoms with Crippen LogP contribution >= 0.6 is 0 Å². The lowest BCUT2D eigenvalue weighted by atomic mass is 10.2. The van der Waals surface area contributed by atoms with E-state index in [0.717, 1.165) is 12.8 Å². The number of aldehydes is 1. The van der Waals surface area contributed by atoms with Crippen molar-refractivity contribution in [3.63, 3.8) is 0 Å². The maximum absolute atomic E-state index is 11.3. The number of nitrogens with one attached hydrogen (secondary N) is 2. The molecule has 0 heterocycles. The number of ether oxygens (including phenoxy) is 3. The molecule has 0 aliphatic carbocycles. The van der Waals surface area contributed by atoms with Crippen molar-refractivity contribution in [3.8, 4) is 0 Å². The fourth-order valence-electron chi connectivity index (χ4n) is 1.41. The average molecular weight is 304 g/mol. The zero-order valence-electron chi connectivity index (χ0n) is 12.9. The zero-order chi connectivity index (χ0) is 15.6. The van der Waals surface area contributed by atoms with Gasteiger partial charge in [-0.1, -0.05) is 0 Å². The van der Waals surface area contributed by atoms with Gasteiger partial charge in [0.05, 0.1) is 39.6 Å². The predicted molar refractivity (Wildman–Crippen MR) is 79.3 cm³/mol. The van der Waals surface area contributed by atoms with E-state index in [1.807, 2.05) is 7.05 Å². The van der Waals surface area contributed by atoms with E-state index in [-0.39, 0.29) is 5.91 Å². The SMILES string of the molecule is CNCCOCCOCCOCCNC(=O)CCCC=O. The summed E-state index contributed by atoms with van der Waals surface area (Å²) in [5.41, 5.74) is 0. The average Bonchev–Trinajstić information content (AvgIpc) is 2.48. The van der Waals surface area contributed by atoms with Crippen molar-refractivity contribution in [2.75, 3.05) is 59.8 Å². The molecule has 0 unspecified atom stereocenters. The molecule has 0 aromatic rings. The Balaban J connectivity index is 3.08. The van der Waals surface area contributed by atoms with Gasteiger partial charge in [-0.3, -0.25) is 4.79 Å². The third kappa shape index (κ3) is 16.9. The van der Waals surface area contributed by atoms with Gasteiger partial charge in [-0.2, -0.15) is 0 Å². The number of carbonyl (C=O) groups is 2. The Hall–Kier alpha value is -1.02. The van der Waals surface area contributed by atoms with Gasteiger partial charge in [-0.25, -0.2) is 0 Å². The normalized spacial score (nSPS) is 10.5. The van der Waals surface area contributed by atoms with Gasteiger partial charge in [0.15, 0.2) is 0 Å². The standard InChI is InChI=1S/C14H28N2O5/c1-15-5-8-19-10-12-21-13-11-20-9-6-16-14(18)4-2-3-7-17/h7,15H,2-6,8-13H2,1H3,(H,16,18). The topological polar surface area (TPSA) is 85.9 Å². The highest BCUT2D eigenvalue weighted by Gasteiger charge is 1.99. The molecule has 124 valence electrons. The first-order chi connectivity index (χ1) is 10.3. The highest BCUT2D eigenvalue weighted by Crippen LogP contribution is 1.91. The molecule has 0 bridgehead atoms. The lowest BCUT2D eigenvalue weighted by Gasteiger charge is -2.07. The monoisotopic (exact) mass is 304 g/mol. The number of hydrogen-bond acceptors (Lipinski definition) is 6. The van der Waals surface area contributed by atoms with Crippen LogP contribution in [0.25, 0.3) is 0 Å². The summed E-state index contributed by atoms with van der Waals surface area (Å²) in [6.45, 7) is 4.61. The van der Waals surface area contributed by atoms with E-state index in [1.165, 1.54) is 0 Å². The Bertz CT molecular complexity index is 252. The first-order valence-electron chi connectivity index (χ1n) is 7.39. The summed E-state index contributed by atoms with van der Waals surface area (Å²) < 4.78 is 15.9. The zero-order valence-corrected chi connectivity index (χ0v) is 12.9. The highest BCUT2D eigenvalue weighted by atomic mass is 16.5. The predicted octanol–water partition coefficient (Wildman–Crippen LogP) is -0.259. The Morgan fingerprint density at radius 2 is 1.52 bits per heavy atom. The molecule has 0 saturated heterocycles. The summed E-state index contributed by atoms with van der Waals surface area (Å²) in [6, 6.07) is 0. The number of hydrogen-bond donors (Lipinski definition) is 2. The minimum Gasteiger partial charge on any atom is -0.378 e. The molecule has 2 N–H and O–H groups in total. The van der Waals surface area contributed by atoms with Crippen LogP contribution in [0.2, 0.25) is 0 Å². The number of amides is 1. The smallest absolute Gasteiger partial charge is 0.220 e. The number of carbonyl (C=O) groups excluding carboxylic acids is 2. The Morgan fingerprint density at radius 1 is 0.952 bits per heavy atom. The van der Waals surface area contributed by atoms with Crippen molar-refractivity contribution in [3.05, 3.63) is 0 Å². The molecule has 0 aliphatic heterocycles. The highest BCUT2D eigenvalue weighted by molar-refractivity contribution is 5.76. The summed E-state index contributed by atoms with van der Waals surface area (Å²) in [5.74, 6) is -0.0459. The molecule has 0 aromatic heterocycles. The molecule has 0 radical (unpaired) electrons. The lowest BCUT2D eigenvalue weighted by molar-refractivity contribution is -0.121. The Morgan fingerprint density at radius 3 is 2.10 bits per heavy atom. The van der Waals surface area contributed by atoms with Crippen molar-refractivity contribution in [1.82, 2.24) is 10.6 Å². The van der Waals surface area contributed by atoms with Crippen LogP contribution in [0.3, 0.4) is 0 Å². The van der Waals surface area contributed by atoms with E-state index in [9.17, 15) is 9.59 Å². The molecule has 7 nitrogen and oxygen atoms in total. The van der Waals surface area contributed by atoms with Gasteiger partial charge in [-0.05, 0) is 13.5 Å². The fourth-order valence-corrected chi connectivity index (χ4v) is 1.41. The van der Waals surface area contributed by atoms with Crippen molar-refractivity contribution in [1.29, 1.82) is 0 Å². The summed E-state index contributed by atoms with van der Waals surface area (Å²) in [7, 11) is 1.88. The van der Waals surface area contributed by atoms with Gasteiger partial charge < -0.3 is 29.6 Å². The van der Waals surface area contributed by atoms with Crippen molar-refractivity contribution in [2.24, 2.45) is 0 Å². The number of unbranched alkanes of at least 4 members (excludes halogenated alkanes) is 1. The molecular formula is C14H28N2O5. The second kappa shape index (κ2) is 17.0. The minimum atomic E-state index is -0.0459. The van der Waals surface area contributed by atoms with E-state index in [4.69, 9.17) is 14.2 Å². The Labute approximate surface area is 126 Å². The van der Waals surface area contributed by atoms with Gasteiger partial charge in [0.1, 0.15) is 6.29 Å². The molecule has 0 atom stereocenters. The summed E-state index contributed by atoms with van der Waals surface area (Å²) in [5, 5.41) is 5.72. The van der Waals surface area contributed by atoms with Gasteiger partial charge in [0.2, 0.25) is 5.91 Å². The van der Waals surface area contributed by atoms with Crippen LogP contribution in [0.1, 0.15) is 19.3 Å². The van der Waals surface area contributed by atoms with Gasteiger partial charge >= 0.3 is 0 Å². The van der Waals surface area contributed by atoms with E-state index in [1.54, 1.807) is 0 Å². The van der Waals surface area contributed by atoms with E-state index >= 15 is 0 Å². The molecule has 0 aliphatic rings. The molecule has 1 amide bonds. The molecule has 21 heavy (non-hydrogen) atoms. The molecule has 0 spiro atoms. The third-order valence-corrected chi connectivity index (χ3v) is 2.53. The van der Waals surface area contributed by atoms with Crippen molar-refractivity contribution in [2.45, 2.75) is 19.3 Å². The second-order valence-corrected chi connectivity index (χ2v) is 4.35. The minimum absolute atomic E-state index is 0.0459. The van der Waals surface area contributed by atoms with E-state index in [0.29, 0.717) is 65.4 Å². The van der Waals surface area contributed by atoms with E-state index < -0.39 is 0 Å². The maximum Gasteiger partial charge on any atom is 0.220 e. The number of rotatable bonds is 16. The molecular weight excluding hydrogens is 276 g/mol. The third-order valence-electron chi connectivity index (χ3n) is 2.53. The van der Waals surface area contributed by atoms with Crippen LogP contribution in [0, 0.1) is 0 Å². The number of likely N-dealkylation sites (N-methyl/N-ethyl adjacent to an activating group) is 1. The maximum atomic E-state index is 11.3. The van der Waals surface area contributed by atoms with Crippen LogP contribution in [-0.2, 0) is 23.8 Å². The van der Waals surface area contributed by atoms with Crippen molar-refractivity contribution < 1.29 is 23.8 Å². The second-order valence-electron chi connectivity index (χ2n) is 4.35. The van der Waals surface area contributed by atoms with Crippen LogP contribution < -0.4 is 10.6 Å². The summed E-state index contributed by atoms with van der Waals surface area (Å²) >= 11 is 0. The van der Waals surface area contributed by atoms with Crippen LogP contribution in [0.15, 0.2) is 0 Å². The first-order valence-corrected chi connectivity index (χ1v) is 7.39.